The second-order valence-corrected chi connectivity index (χ2v) is 4.31. The van der Waals surface area contributed by atoms with Gasteiger partial charge < -0.3 is 20.7 Å². The molecule has 20 heavy (non-hydrogen) atoms. The van der Waals surface area contributed by atoms with Crippen molar-refractivity contribution in [3.63, 3.8) is 0 Å². The molecule has 6 heteroatoms. The molecule has 1 aromatic rings. The van der Waals surface area contributed by atoms with Crippen LogP contribution in [0.5, 0.6) is 5.75 Å². The summed E-state index contributed by atoms with van der Waals surface area (Å²) in [6, 6.07) is 6.98. The Balaban J connectivity index is 2.58. The summed E-state index contributed by atoms with van der Waals surface area (Å²) < 4.78 is 5.39. The molecule has 0 heterocycles. The van der Waals surface area contributed by atoms with Gasteiger partial charge in [-0.15, -0.1) is 0 Å². The van der Waals surface area contributed by atoms with E-state index in [1.54, 1.807) is 24.3 Å². The molecule has 0 atom stereocenters. The number of carbonyl (C=O) groups is 2. The van der Waals surface area contributed by atoms with Gasteiger partial charge in [-0.05, 0) is 18.6 Å². The monoisotopic (exact) mass is 279 g/mol. The minimum absolute atomic E-state index is 0.0385. The maximum Gasteiger partial charge on any atom is 0.260 e. The zero-order valence-electron chi connectivity index (χ0n) is 11.9. The fourth-order valence-corrected chi connectivity index (χ4v) is 1.66. The van der Waals surface area contributed by atoms with Crippen LogP contribution in [0.2, 0.25) is 0 Å². The molecule has 0 spiro atoms. The Morgan fingerprint density at radius 1 is 1.35 bits per heavy atom. The van der Waals surface area contributed by atoms with Gasteiger partial charge in [0.1, 0.15) is 5.75 Å². The summed E-state index contributed by atoms with van der Waals surface area (Å²) in [7, 11) is 1.54. The number of nitrogen functional groups attached to an aromatic ring is 1. The number of likely N-dealkylation sites (N-methyl/N-ethyl adjacent to an activating group) is 1. The maximum absolute atomic E-state index is 12.0. The van der Waals surface area contributed by atoms with Crippen LogP contribution in [-0.4, -0.2) is 43.5 Å². The van der Waals surface area contributed by atoms with E-state index in [-0.39, 0.29) is 25.0 Å². The van der Waals surface area contributed by atoms with Gasteiger partial charge in [0.25, 0.3) is 5.91 Å². The molecule has 0 aliphatic heterocycles. The van der Waals surface area contributed by atoms with Crippen molar-refractivity contribution in [3.05, 3.63) is 24.3 Å². The lowest BCUT2D eigenvalue weighted by atomic mass is 10.3. The van der Waals surface area contributed by atoms with E-state index in [2.05, 4.69) is 5.32 Å². The normalized spacial score (nSPS) is 9.90. The van der Waals surface area contributed by atoms with Crippen molar-refractivity contribution in [2.24, 2.45) is 0 Å². The van der Waals surface area contributed by atoms with E-state index in [4.69, 9.17) is 10.5 Å². The maximum atomic E-state index is 12.0. The molecule has 3 N–H and O–H groups in total. The molecule has 0 saturated heterocycles. The predicted octanol–water partition coefficient (Wildman–Crippen LogP) is 0.632. The van der Waals surface area contributed by atoms with Crippen LogP contribution in [0, 0.1) is 0 Å². The van der Waals surface area contributed by atoms with Crippen LogP contribution in [0.1, 0.15) is 13.3 Å². The summed E-state index contributed by atoms with van der Waals surface area (Å²) in [5, 5.41) is 2.50. The molecule has 0 saturated carbocycles. The van der Waals surface area contributed by atoms with Crippen LogP contribution in [0.3, 0.4) is 0 Å². The molecule has 0 aromatic heterocycles. The fraction of sp³-hybridized carbons (Fsp3) is 0.429. The lowest BCUT2D eigenvalue weighted by molar-refractivity contribution is -0.137. The number of ether oxygens (including phenoxy) is 1. The first-order valence-electron chi connectivity index (χ1n) is 6.54. The first-order valence-corrected chi connectivity index (χ1v) is 6.54. The molecule has 0 aliphatic carbocycles. The van der Waals surface area contributed by atoms with Gasteiger partial charge >= 0.3 is 0 Å². The third kappa shape index (κ3) is 4.79. The van der Waals surface area contributed by atoms with Crippen LogP contribution >= 0.6 is 0 Å². The molecule has 0 aliphatic rings. The van der Waals surface area contributed by atoms with Crippen LogP contribution in [0.4, 0.5) is 5.69 Å². The number of para-hydroxylation sites is 2. The Morgan fingerprint density at radius 2 is 2.05 bits per heavy atom. The number of hydrogen-bond donors (Lipinski definition) is 2. The second kappa shape index (κ2) is 8.04. The second-order valence-electron chi connectivity index (χ2n) is 4.31. The highest BCUT2D eigenvalue weighted by Crippen LogP contribution is 2.19. The van der Waals surface area contributed by atoms with Gasteiger partial charge in [0.2, 0.25) is 5.91 Å². The number of carbonyl (C=O) groups excluding carboxylic acids is 2. The van der Waals surface area contributed by atoms with Crippen molar-refractivity contribution in [1.82, 2.24) is 10.2 Å². The number of amides is 2. The van der Waals surface area contributed by atoms with Crippen molar-refractivity contribution >= 4 is 17.5 Å². The smallest absolute Gasteiger partial charge is 0.260 e. The molecule has 110 valence electrons. The van der Waals surface area contributed by atoms with E-state index < -0.39 is 0 Å². The fourth-order valence-electron chi connectivity index (χ4n) is 1.66. The molecule has 0 radical (unpaired) electrons. The highest BCUT2D eigenvalue weighted by molar-refractivity contribution is 5.85. The van der Waals surface area contributed by atoms with E-state index >= 15 is 0 Å². The summed E-state index contributed by atoms with van der Waals surface area (Å²) in [5.41, 5.74) is 6.21. The Labute approximate surface area is 118 Å². The minimum atomic E-state index is -0.237. The number of nitrogens with two attached hydrogens (primary N) is 1. The van der Waals surface area contributed by atoms with Gasteiger partial charge in [-0.2, -0.15) is 0 Å². The van der Waals surface area contributed by atoms with Gasteiger partial charge in [0.05, 0.1) is 12.2 Å². The van der Waals surface area contributed by atoms with E-state index in [0.29, 0.717) is 18.0 Å². The van der Waals surface area contributed by atoms with E-state index in [1.807, 2.05) is 6.92 Å². The summed E-state index contributed by atoms with van der Waals surface area (Å²) >= 11 is 0. The van der Waals surface area contributed by atoms with Crippen molar-refractivity contribution in [2.45, 2.75) is 13.3 Å². The average Bonchev–Trinajstić information content (AvgIpc) is 2.45. The Kier molecular flexibility index (Phi) is 6.36. The third-order valence-electron chi connectivity index (χ3n) is 2.73. The zero-order valence-corrected chi connectivity index (χ0v) is 11.9. The van der Waals surface area contributed by atoms with E-state index in [0.717, 1.165) is 6.42 Å². The number of benzene rings is 1. The van der Waals surface area contributed by atoms with Crippen molar-refractivity contribution in [3.8, 4) is 5.75 Å². The number of rotatable bonds is 7. The number of anilines is 1. The molecular weight excluding hydrogens is 258 g/mol. The van der Waals surface area contributed by atoms with Gasteiger partial charge in [0.15, 0.2) is 6.61 Å². The van der Waals surface area contributed by atoms with E-state index in [1.165, 1.54) is 11.9 Å². The topological polar surface area (TPSA) is 84.7 Å². The summed E-state index contributed by atoms with van der Waals surface area (Å²) in [6.07, 6.45) is 0.774. The number of nitrogens with one attached hydrogen (secondary N) is 1. The summed E-state index contributed by atoms with van der Waals surface area (Å²) in [6.45, 7) is 2.36. The Bertz CT molecular complexity index is 463. The number of nitrogens with zero attached hydrogens (tertiary/aromatic N) is 1. The minimum Gasteiger partial charge on any atom is -0.482 e. The van der Waals surface area contributed by atoms with Crippen molar-refractivity contribution in [1.29, 1.82) is 0 Å². The third-order valence-corrected chi connectivity index (χ3v) is 2.73. The van der Waals surface area contributed by atoms with Crippen molar-refractivity contribution < 1.29 is 14.3 Å². The van der Waals surface area contributed by atoms with Gasteiger partial charge in [-0.25, -0.2) is 0 Å². The molecule has 2 amide bonds. The van der Waals surface area contributed by atoms with Gasteiger partial charge in [-0.1, -0.05) is 19.1 Å². The Morgan fingerprint density at radius 3 is 2.65 bits per heavy atom. The average molecular weight is 279 g/mol. The first-order chi connectivity index (χ1) is 9.58. The van der Waals surface area contributed by atoms with Crippen LogP contribution in [-0.2, 0) is 9.59 Å². The van der Waals surface area contributed by atoms with Crippen LogP contribution < -0.4 is 15.8 Å². The zero-order chi connectivity index (χ0) is 15.0. The van der Waals surface area contributed by atoms with Crippen LogP contribution in [0.25, 0.3) is 0 Å². The summed E-state index contributed by atoms with van der Waals surface area (Å²) in [5.74, 6) is 0.0296. The molecule has 1 aromatic carbocycles. The SMILES string of the molecule is CCCN(CC(=O)NC)C(=O)COc1ccccc1N. The highest BCUT2D eigenvalue weighted by Gasteiger charge is 2.16. The molecule has 6 nitrogen and oxygen atoms in total. The van der Waals surface area contributed by atoms with Gasteiger partial charge in [-0.3, -0.25) is 9.59 Å². The standard InChI is InChI=1S/C14H21N3O3/c1-3-8-17(9-13(18)16-2)14(19)10-20-12-7-5-4-6-11(12)15/h4-7H,3,8-10,15H2,1-2H3,(H,16,18). The molecule has 0 unspecified atom stereocenters. The van der Waals surface area contributed by atoms with Crippen molar-refractivity contribution in [2.75, 3.05) is 32.5 Å². The lowest BCUT2D eigenvalue weighted by Crippen LogP contribution is -2.42. The van der Waals surface area contributed by atoms with Crippen LogP contribution in [0.15, 0.2) is 24.3 Å². The molecular formula is C14H21N3O3. The molecule has 0 fully saturated rings. The first kappa shape index (κ1) is 15.8. The summed E-state index contributed by atoms with van der Waals surface area (Å²) in [4.78, 5) is 24.9. The quantitative estimate of drug-likeness (QED) is 0.717. The Hall–Kier alpha value is -2.24. The number of hydrogen-bond acceptors (Lipinski definition) is 4. The van der Waals surface area contributed by atoms with Gasteiger partial charge in [0, 0.05) is 13.6 Å². The predicted molar refractivity (Wildman–Crippen MR) is 77.3 cm³/mol. The van der Waals surface area contributed by atoms with E-state index in [9.17, 15) is 9.59 Å². The molecule has 0 bridgehead atoms. The largest absolute Gasteiger partial charge is 0.482 e. The molecule has 1 rings (SSSR count). The highest BCUT2D eigenvalue weighted by atomic mass is 16.5. The lowest BCUT2D eigenvalue weighted by Gasteiger charge is -2.21.